The molecule has 4 heteroatoms. The maximum absolute atomic E-state index is 13.3. The number of para-hydroxylation sites is 1. The van der Waals surface area contributed by atoms with Gasteiger partial charge in [0.2, 0.25) is 0 Å². The van der Waals surface area contributed by atoms with Crippen LogP contribution in [0.15, 0.2) is 69.7 Å². The maximum atomic E-state index is 13.3. The van der Waals surface area contributed by atoms with Crippen LogP contribution in [-0.2, 0) is 4.79 Å². The highest BCUT2D eigenvalue weighted by atomic mass is 32.2. The average Bonchev–Trinajstić information content (AvgIpc) is 2.96. The summed E-state index contributed by atoms with van der Waals surface area (Å²) in [5.74, 6) is 0.241. The molecule has 2 aliphatic heterocycles. The summed E-state index contributed by atoms with van der Waals surface area (Å²) in [7, 11) is 0. The Labute approximate surface area is 164 Å². The van der Waals surface area contributed by atoms with Crippen LogP contribution >= 0.6 is 11.8 Å². The smallest absolute Gasteiger partial charge is 0.174 e. The molecule has 0 bridgehead atoms. The van der Waals surface area contributed by atoms with E-state index in [-0.39, 0.29) is 17.2 Å². The summed E-state index contributed by atoms with van der Waals surface area (Å²) >= 11 is 1.71. The summed E-state index contributed by atoms with van der Waals surface area (Å²) in [4.78, 5) is 21.7. The molecule has 0 aromatic heterocycles. The number of carbonyl (C=O) groups is 1. The predicted octanol–water partition coefficient (Wildman–Crippen LogP) is 5.66. The number of rotatable bonds is 1. The summed E-state index contributed by atoms with van der Waals surface area (Å²) in [5.41, 5.74) is 5.37. The number of carbonyl (C=O) groups excluding carboxylic acids is 1. The van der Waals surface area contributed by atoms with E-state index in [4.69, 9.17) is 4.99 Å². The molecule has 2 aromatic rings. The summed E-state index contributed by atoms with van der Waals surface area (Å²) in [6, 6.07) is 16.8. The van der Waals surface area contributed by atoms with Crippen molar-refractivity contribution in [1.29, 1.82) is 0 Å². The van der Waals surface area contributed by atoms with Gasteiger partial charge < -0.3 is 4.90 Å². The van der Waals surface area contributed by atoms with E-state index in [0.29, 0.717) is 6.42 Å². The van der Waals surface area contributed by atoms with Crippen molar-refractivity contribution in [3.8, 4) is 0 Å². The Morgan fingerprint density at radius 2 is 1.93 bits per heavy atom. The molecule has 136 valence electrons. The van der Waals surface area contributed by atoms with Crippen LogP contribution in [0.2, 0.25) is 0 Å². The van der Waals surface area contributed by atoms with Crippen LogP contribution in [-0.4, -0.2) is 11.0 Å². The molecule has 5 rings (SSSR count). The van der Waals surface area contributed by atoms with E-state index >= 15 is 0 Å². The van der Waals surface area contributed by atoms with Crippen molar-refractivity contribution >= 4 is 28.4 Å². The zero-order chi connectivity index (χ0) is 18.8. The number of benzene rings is 2. The minimum Gasteiger partial charge on any atom is -0.308 e. The van der Waals surface area contributed by atoms with Crippen LogP contribution in [0.3, 0.4) is 0 Å². The van der Waals surface area contributed by atoms with Gasteiger partial charge in [-0.15, -0.1) is 0 Å². The second kappa shape index (κ2) is 5.83. The quantitative estimate of drug-likeness (QED) is 0.645. The van der Waals surface area contributed by atoms with Crippen molar-refractivity contribution in [2.45, 2.75) is 44.6 Å². The third-order valence-corrected chi connectivity index (χ3v) is 6.58. The Hall–Kier alpha value is -2.33. The van der Waals surface area contributed by atoms with E-state index in [1.165, 1.54) is 16.0 Å². The molecular weight excluding hydrogens is 352 g/mol. The number of fused-ring (bicyclic) bond motifs is 3. The largest absolute Gasteiger partial charge is 0.308 e. The first-order valence-electron chi connectivity index (χ1n) is 9.41. The lowest BCUT2D eigenvalue weighted by molar-refractivity contribution is -0.118. The van der Waals surface area contributed by atoms with E-state index in [0.717, 1.165) is 28.5 Å². The fourth-order valence-electron chi connectivity index (χ4n) is 4.43. The average molecular weight is 375 g/mol. The molecule has 0 amide bonds. The van der Waals surface area contributed by atoms with Crippen molar-refractivity contribution in [2.24, 2.45) is 10.4 Å². The van der Waals surface area contributed by atoms with Crippen LogP contribution in [0.4, 0.5) is 5.69 Å². The molecule has 1 aliphatic carbocycles. The van der Waals surface area contributed by atoms with Crippen LogP contribution in [0.25, 0.3) is 0 Å². The Bertz CT molecular complexity index is 1030. The molecular formula is C23H22N2OS. The molecule has 3 nitrogen and oxygen atoms in total. The van der Waals surface area contributed by atoms with E-state index in [9.17, 15) is 4.79 Å². The van der Waals surface area contributed by atoms with Crippen molar-refractivity contribution < 1.29 is 4.79 Å². The highest BCUT2D eigenvalue weighted by Crippen LogP contribution is 2.53. The van der Waals surface area contributed by atoms with Crippen LogP contribution in [0.5, 0.6) is 0 Å². The summed E-state index contributed by atoms with van der Waals surface area (Å²) < 4.78 is 0. The van der Waals surface area contributed by atoms with Crippen molar-refractivity contribution in [2.75, 3.05) is 4.90 Å². The SMILES string of the molecule is Cc1cccc(C2C3=C(CC(C)(C)CC3=O)N=C3Sc4ccccc4N32)c1. The van der Waals surface area contributed by atoms with Crippen LogP contribution in [0.1, 0.15) is 43.9 Å². The monoisotopic (exact) mass is 374 g/mol. The Morgan fingerprint density at radius 1 is 1.11 bits per heavy atom. The third kappa shape index (κ3) is 2.66. The fraction of sp³-hybridized carbons (Fsp3) is 0.304. The van der Waals surface area contributed by atoms with Gasteiger partial charge in [0.05, 0.1) is 17.4 Å². The minimum atomic E-state index is -0.0906. The zero-order valence-electron chi connectivity index (χ0n) is 15.8. The van der Waals surface area contributed by atoms with Gasteiger partial charge in [0.25, 0.3) is 0 Å². The van der Waals surface area contributed by atoms with E-state index in [1.807, 2.05) is 0 Å². The van der Waals surface area contributed by atoms with E-state index < -0.39 is 0 Å². The molecule has 0 fully saturated rings. The number of amidine groups is 1. The molecule has 0 saturated heterocycles. The van der Waals surface area contributed by atoms with Gasteiger partial charge in [-0.1, -0.05) is 55.8 Å². The van der Waals surface area contributed by atoms with E-state index in [2.05, 4.69) is 74.2 Å². The molecule has 1 unspecified atom stereocenters. The molecule has 2 aromatic carbocycles. The highest BCUT2D eigenvalue weighted by Gasteiger charge is 2.45. The highest BCUT2D eigenvalue weighted by molar-refractivity contribution is 8.14. The van der Waals surface area contributed by atoms with Gasteiger partial charge in [0.1, 0.15) is 0 Å². The molecule has 27 heavy (non-hydrogen) atoms. The standard InChI is InChI=1S/C23H22N2OS/c1-14-7-6-8-15(11-14)21-20-16(12-23(2,3)13-18(20)26)24-22-25(21)17-9-4-5-10-19(17)27-22/h4-11,21H,12-13H2,1-3H3. The van der Waals surface area contributed by atoms with Crippen LogP contribution in [0, 0.1) is 12.3 Å². The molecule has 1 atom stereocenters. The Morgan fingerprint density at radius 3 is 2.74 bits per heavy atom. The third-order valence-electron chi connectivity index (χ3n) is 5.55. The number of nitrogens with zero attached hydrogens (tertiary/aromatic N) is 2. The summed E-state index contributed by atoms with van der Waals surface area (Å²) in [6.07, 6.45) is 1.44. The lowest BCUT2D eigenvalue weighted by Crippen LogP contribution is -2.40. The van der Waals surface area contributed by atoms with Gasteiger partial charge in [-0.2, -0.15) is 0 Å². The van der Waals surface area contributed by atoms with Crippen molar-refractivity contribution in [3.63, 3.8) is 0 Å². The molecule has 0 saturated carbocycles. The number of hydrogen-bond acceptors (Lipinski definition) is 4. The first-order chi connectivity index (χ1) is 12.9. The van der Waals surface area contributed by atoms with Gasteiger partial charge in [-0.25, -0.2) is 4.99 Å². The number of allylic oxidation sites excluding steroid dienone is 1. The number of aliphatic imine (C=N–C) groups is 1. The van der Waals surface area contributed by atoms with Crippen LogP contribution < -0.4 is 4.90 Å². The van der Waals surface area contributed by atoms with Gasteiger partial charge >= 0.3 is 0 Å². The number of thioether (sulfide) groups is 1. The number of anilines is 1. The molecule has 0 radical (unpaired) electrons. The first-order valence-corrected chi connectivity index (χ1v) is 10.2. The summed E-state index contributed by atoms with van der Waals surface area (Å²) in [6.45, 7) is 6.44. The number of aryl methyl sites for hydroxylation is 1. The second-order valence-electron chi connectivity index (χ2n) is 8.45. The zero-order valence-corrected chi connectivity index (χ0v) is 16.6. The van der Waals surface area contributed by atoms with Gasteiger partial charge in [0, 0.05) is 16.9 Å². The number of Topliss-reactive ketones (excluding diaryl/α,β-unsaturated/α-hetero) is 1. The van der Waals surface area contributed by atoms with Gasteiger partial charge in [0.15, 0.2) is 11.0 Å². The number of hydrogen-bond donors (Lipinski definition) is 0. The second-order valence-corrected chi connectivity index (χ2v) is 9.46. The fourth-order valence-corrected chi connectivity index (χ4v) is 5.50. The topological polar surface area (TPSA) is 32.7 Å². The Balaban J connectivity index is 1.74. The van der Waals surface area contributed by atoms with Gasteiger partial charge in [-0.05, 0) is 48.2 Å². The molecule has 0 N–H and O–H groups in total. The molecule has 3 aliphatic rings. The predicted molar refractivity (Wildman–Crippen MR) is 111 cm³/mol. The normalized spacial score (nSPS) is 22.9. The Kier molecular flexibility index (Phi) is 3.63. The van der Waals surface area contributed by atoms with Crippen molar-refractivity contribution in [1.82, 2.24) is 0 Å². The maximum Gasteiger partial charge on any atom is 0.174 e. The van der Waals surface area contributed by atoms with Crippen molar-refractivity contribution in [3.05, 3.63) is 70.9 Å². The first kappa shape index (κ1) is 16.8. The minimum absolute atomic E-state index is 0.0323. The van der Waals surface area contributed by atoms with Gasteiger partial charge in [-0.3, -0.25) is 4.79 Å². The lowest BCUT2D eigenvalue weighted by atomic mass is 9.73. The lowest BCUT2D eigenvalue weighted by Gasteiger charge is -2.40. The molecule has 0 spiro atoms. The molecule has 2 heterocycles. The van der Waals surface area contributed by atoms with E-state index in [1.54, 1.807) is 11.8 Å². The summed E-state index contributed by atoms with van der Waals surface area (Å²) in [5, 5.41) is 0.993. The number of ketones is 1.